The van der Waals surface area contributed by atoms with Crippen molar-refractivity contribution in [2.45, 2.75) is 30.9 Å². The summed E-state index contributed by atoms with van der Waals surface area (Å²) in [5.41, 5.74) is 1.36. The molecule has 0 aromatic heterocycles. The Bertz CT molecular complexity index is 413. The van der Waals surface area contributed by atoms with Crippen LogP contribution in [0.2, 0.25) is 0 Å². The van der Waals surface area contributed by atoms with E-state index in [0.29, 0.717) is 12.1 Å². The third kappa shape index (κ3) is 4.77. The van der Waals surface area contributed by atoms with Gasteiger partial charge >= 0.3 is 0 Å². The first kappa shape index (κ1) is 15.8. The fraction of sp³-hybridized carbons (Fsp3) is 0.625. The molecule has 2 rings (SSSR count). The maximum Gasteiger partial charge on any atom is 0.0796 e. The first-order valence-corrected chi connectivity index (χ1v) is 8.44. The lowest BCUT2D eigenvalue weighted by molar-refractivity contribution is -0.00598. The topological polar surface area (TPSA) is 24.5 Å². The smallest absolute Gasteiger partial charge is 0.0796 e. The van der Waals surface area contributed by atoms with Gasteiger partial charge in [0.1, 0.15) is 0 Å². The molecule has 0 bridgehead atoms. The molecule has 1 aliphatic heterocycles. The van der Waals surface area contributed by atoms with Gasteiger partial charge in [-0.2, -0.15) is 0 Å². The summed E-state index contributed by atoms with van der Waals surface area (Å²) in [6, 6.07) is 9.25. The average molecular weight is 294 g/mol. The van der Waals surface area contributed by atoms with Crippen LogP contribution in [0.4, 0.5) is 0 Å². The Balaban J connectivity index is 1.87. The normalized spacial score (nSPS) is 21.9. The Morgan fingerprint density at radius 2 is 2.35 bits per heavy atom. The van der Waals surface area contributed by atoms with Gasteiger partial charge in [-0.05, 0) is 38.2 Å². The first-order valence-electron chi connectivity index (χ1n) is 7.45. The number of hydrogen-bond acceptors (Lipinski definition) is 4. The van der Waals surface area contributed by atoms with Crippen molar-refractivity contribution in [3.63, 3.8) is 0 Å². The van der Waals surface area contributed by atoms with E-state index in [4.69, 9.17) is 4.74 Å². The molecule has 0 amide bonds. The van der Waals surface area contributed by atoms with Crippen molar-refractivity contribution >= 4 is 11.8 Å². The maximum atomic E-state index is 5.81. The number of morpholine rings is 1. The van der Waals surface area contributed by atoms with Crippen LogP contribution >= 0.6 is 11.8 Å². The molecule has 20 heavy (non-hydrogen) atoms. The second-order valence-corrected chi connectivity index (χ2v) is 6.51. The van der Waals surface area contributed by atoms with Crippen LogP contribution in [0.15, 0.2) is 29.2 Å². The van der Waals surface area contributed by atoms with E-state index in [1.807, 2.05) is 11.8 Å². The zero-order chi connectivity index (χ0) is 14.4. The van der Waals surface area contributed by atoms with Crippen LogP contribution in [0, 0.1) is 0 Å². The van der Waals surface area contributed by atoms with Gasteiger partial charge in [-0.1, -0.05) is 19.1 Å². The Kier molecular flexibility index (Phi) is 6.36. The van der Waals surface area contributed by atoms with E-state index in [1.54, 1.807) is 0 Å². The lowest BCUT2D eigenvalue weighted by atomic mass is 10.1. The highest BCUT2D eigenvalue weighted by Gasteiger charge is 2.17. The lowest BCUT2D eigenvalue weighted by Gasteiger charge is -2.29. The van der Waals surface area contributed by atoms with Crippen LogP contribution in [0.1, 0.15) is 25.5 Å². The molecule has 0 spiro atoms. The molecule has 112 valence electrons. The Morgan fingerprint density at radius 1 is 1.50 bits per heavy atom. The lowest BCUT2D eigenvalue weighted by Crippen LogP contribution is -2.41. The van der Waals surface area contributed by atoms with Gasteiger partial charge < -0.3 is 15.0 Å². The molecule has 1 aromatic rings. The van der Waals surface area contributed by atoms with Gasteiger partial charge in [0.25, 0.3) is 0 Å². The van der Waals surface area contributed by atoms with Crippen molar-refractivity contribution in [2.75, 3.05) is 39.0 Å². The number of benzene rings is 1. The molecule has 0 saturated carbocycles. The molecule has 1 heterocycles. The number of ether oxygens (including phenoxy) is 1. The highest BCUT2D eigenvalue weighted by molar-refractivity contribution is 7.99. The molecule has 2 unspecified atom stereocenters. The zero-order valence-corrected chi connectivity index (χ0v) is 13.6. The van der Waals surface area contributed by atoms with Gasteiger partial charge in [-0.25, -0.2) is 0 Å². The minimum absolute atomic E-state index is 0.355. The van der Waals surface area contributed by atoms with Crippen LogP contribution in [-0.4, -0.2) is 50.0 Å². The van der Waals surface area contributed by atoms with Crippen molar-refractivity contribution in [1.82, 2.24) is 10.2 Å². The minimum Gasteiger partial charge on any atom is -0.375 e. The molecule has 1 aromatic carbocycles. The summed E-state index contributed by atoms with van der Waals surface area (Å²) in [5.74, 6) is 1.03. The van der Waals surface area contributed by atoms with Gasteiger partial charge in [-0.15, -0.1) is 11.8 Å². The monoisotopic (exact) mass is 294 g/mol. The van der Waals surface area contributed by atoms with E-state index in [2.05, 4.69) is 55.4 Å². The van der Waals surface area contributed by atoms with Crippen LogP contribution in [0.3, 0.4) is 0 Å². The second-order valence-electron chi connectivity index (χ2n) is 5.42. The number of rotatable bonds is 6. The zero-order valence-electron chi connectivity index (χ0n) is 12.8. The molecule has 1 N–H and O–H groups in total. The molecule has 1 aliphatic rings. The van der Waals surface area contributed by atoms with E-state index in [9.17, 15) is 0 Å². The summed E-state index contributed by atoms with van der Waals surface area (Å²) in [5, 5.41) is 3.46. The number of nitrogens with zero attached hydrogens (tertiary/aromatic N) is 1. The summed E-state index contributed by atoms with van der Waals surface area (Å²) in [6.45, 7) is 8.32. The van der Waals surface area contributed by atoms with Crippen LogP contribution in [0.25, 0.3) is 0 Å². The quantitative estimate of drug-likeness (QED) is 0.816. The summed E-state index contributed by atoms with van der Waals surface area (Å²) < 4.78 is 5.81. The van der Waals surface area contributed by atoms with E-state index < -0.39 is 0 Å². The highest BCUT2D eigenvalue weighted by Crippen LogP contribution is 2.24. The molecule has 1 fully saturated rings. The molecule has 0 aliphatic carbocycles. The van der Waals surface area contributed by atoms with Gasteiger partial charge in [0, 0.05) is 29.8 Å². The van der Waals surface area contributed by atoms with Crippen molar-refractivity contribution in [2.24, 2.45) is 0 Å². The SMILES string of the molecule is CCNC(C)c1cccc(SCC2CN(C)CCO2)c1. The Labute approximate surface area is 127 Å². The Hall–Kier alpha value is -0.550. The predicted molar refractivity (Wildman–Crippen MR) is 86.5 cm³/mol. The highest BCUT2D eigenvalue weighted by atomic mass is 32.2. The molecular formula is C16H26N2OS. The summed E-state index contributed by atoms with van der Waals surface area (Å²) >= 11 is 1.90. The number of nitrogens with one attached hydrogen (secondary N) is 1. The van der Waals surface area contributed by atoms with Gasteiger partial charge in [-0.3, -0.25) is 0 Å². The summed E-state index contributed by atoms with van der Waals surface area (Å²) in [6.07, 6.45) is 0.355. The Morgan fingerprint density at radius 3 is 3.10 bits per heavy atom. The standard InChI is InChI=1S/C16H26N2OS/c1-4-17-13(2)14-6-5-7-16(10-14)20-12-15-11-18(3)8-9-19-15/h5-7,10,13,15,17H,4,8-9,11-12H2,1-3H3. The fourth-order valence-corrected chi connectivity index (χ4v) is 3.43. The summed E-state index contributed by atoms with van der Waals surface area (Å²) in [4.78, 5) is 3.68. The minimum atomic E-state index is 0.355. The van der Waals surface area contributed by atoms with Crippen LogP contribution in [-0.2, 0) is 4.74 Å². The molecule has 3 nitrogen and oxygen atoms in total. The first-order chi connectivity index (χ1) is 9.69. The third-order valence-electron chi connectivity index (χ3n) is 3.65. The van der Waals surface area contributed by atoms with E-state index in [-0.39, 0.29) is 0 Å². The van der Waals surface area contributed by atoms with Crippen molar-refractivity contribution in [3.05, 3.63) is 29.8 Å². The molecule has 1 saturated heterocycles. The largest absolute Gasteiger partial charge is 0.375 e. The third-order valence-corrected chi connectivity index (χ3v) is 4.77. The number of thioether (sulfide) groups is 1. The number of likely N-dealkylation sites (N-methyl/N-ethyl adjacent to an activating group) is 1. The molecular weight excluding hydrogens is 268 g/mol. The molecule has 0 radical (unpaired) electrons. The van der Waals surface area contributed by atoms with E-state index in [0.717, 1.165) is 32.0 Å². The molecule has 4 heteroatoms. The maximum absolute atomic E-state index is 5.81. The van der Waals surface area contributed by atoms with Crippen molar-refractivity contribution in [3.8, 4) is 0 Å². The average Bonchev–Trinajstić information content (AvgIpc) is 2.46. The van der Waals surface area contributed by atoms with Gasteiger partial charge in [0.2, 0.25) is 0 Å². The summed E-state index contributed by atoms with van der Waals surface area (Å²) in [7, 11) is 2.17. The second kappa shape index (κ2) is 8.03. The van der Waals surface area contributed by atoms with Crippen LogP contribution < -0.4 is 5.32 Å². The van der Waals surface area contributed by atoms with Crippen molar-refractivity contribution in [1.29, 1.82) is 0 Å². The van der Waals surface area contributed by atoms with Gasteiger partial charge in [0.05, 0.1) is 12.7 Å². The van der Waals surface area contributed by atoms with Crippen molar-refractivity contribution < 1.29 is 4.74 Å². The van der Waals surface area contributed by atoms with Gasteiger partial charge in [0.15, 0.2) is 0 Å². The fourth-order valence-electron chi connectivity index (χ4n) is 2.45. The number of hydrogen-bond donors (Lipinski definition) is 1. The van der Waals surface area contributed by atoms with E-state index >= 15 is 0 Å². The van der Waals surface area contributed by atoms with E-state index in [1.165, 1.54) is 10.5 Å². The molecule has 2 atom stereocenters. The predicted octanol–water partition coefficient (Wildman–Crippen LogP) is 2.78. The van der Waals surface area contributed by atoms with Crippen LogP contribution in [0.5, 0.6) is 0 Å².